The van der Waals surface area contributed by atoms with Crippen molar-refractivity contribution in [3.05, 3.63) is 29.8 Å². The predicted molar refractivity (Wildman–Crippen MR) is 57.7 cm³/mol. The highest BCUT2D eigenvalue weighted by Crippen LogP contribution is 2.26. The minimum absolute atomic E-state index is 0.0985. The Balaban J connectivity index is 2.30. The van der Waals surface area contributed by atoms with E-state index in [9.17, 15) is 17.2 Å². The lowest BCUT2D eigenvalue weighted by Gasteiger charge is -2.37. The van der Waals surface area contributed by atoms with E-state index in [1.165, 1.54) is 0 Å². The first-order valence-corrected chi connectivity index (χ1v) is 6.54. The van der Waals surface area contributed by atoms with Crippen molar-refractivity contribution in [2.45, 2.75) is 4.90 Å². The van der Waals surface area contributed by atoms with Crippen LogP contribution in [0.5, 0.6) is 0 Å². The summed E-state index contributed by atoms with van der Waals surface area (Å²) in [6, 6.07) is 2.38. The third-order valence-corrected chi connectivity index (χ3v) is 4.61. The van der Waals surface area contributed by atoms with E-state index in [1.54, 1.807) is 0 Å². The molecule has 7 heteroatoms. The lowest BCUT2D eigenvalue weighted by Crippen LogP contribution is -2.52. The molecule has 0 atom stereocenters. The van der Waals surface area contributed by atoms with Crippen molar-refractivity contribution >= 4 is 10.0 Å². The topological polar surface area (TPSA) is 63.4 Å². The molecule has 0 aromatic heterocycles. The Labute approximate surface area is 98.1 Å². The molecule has 94 valence electrons. The third-order valence-electron chi connectivity index (χ3n) is 2.77. The quantitative estimate of drug-likeness (QED) is 0.865. The molecule has 4 nitrogen and oxygen atoms in total. The zero-order valence-corrected chi connectivity index (χ0v) is 9.75. The molecule has 0 spiro atoms. The van der Waals surface area contributed by atoms with Gasteiger partial charge < -0.3 is 5.73 Å². The fraction of sp³-hybridized carbons (Fsp3) is 0.400. The average molecular weight is 262 g/mol. The molecule has 0 aliphatic carbocycles. The normalized spacial score (nSPS) is 18.1. The molecule has 0 unspecified atom stereocenters. The van der Waals surface area contributed by atoms with E-state index in [2.05, 4.69) is 0 Å². The molecule has 17 heavy (non-hydrogen) atoms. The van der Waals surface area contributed by atoms with Crippen LogP contribution in [0.2, 0.25) is 0 Å². The van der Waals surface area contributed by atoms with Crippen molar-refractivity contribution in [1.82, 2.24) is 4.31 Å². The highest BCUT2D eigenvalue weighted by atomic mass is 32.2. The van der Waals surface area contributed by atoms with Crippen LogP contribution in [-0.4, -0.2) is 32.4 Å². The van der Waals surface area contributed by atoms with Gasteiger partial charge >= 0.3 is 0 Å². The zero-order chi connectivity index (χ0) is 12.6. The summed E-state index contributed by atoms with van der Waals surface area (Å²) in [6.07, 6.45) is 0. The number of nitrogens with two attached hydrogens (primary N) is 1. The number of halogens is 2. The van der Waals surface area contributed by atoms with Crippen molar-refractivity contribution in [2.75, 3.05) is 19.6 Å². The van der Waals surface area contributed by atoms with Crippen LogP contribution in [0.1, 0.15) is 0 Å². The van der Waals surface area contributed by atoms with Crippen LogP contribution in [0.4, 0.5) is 8.78 Å². The van der Waals surface area contributed by atoms with Crippen molar-refractivity contribution in [2.24, 2.45) is 11.7 Å². The van der Waals surface area contributed by atoms with Gasteiger partial charge in [-0.1, -0.05) is 0 Å². The third kappa shape index (κ3) is 2.18. The summed E-state index contributed by atoms with van der Waals surface area (Å²) in [5.41, 5.74) is 5.38. The van der Waals surface area contributed by atoms with Crippen LogP contribution >= 0.6 is 0 Å². The lowest BCUT2D eigenvalue weighted by molar-refractivity contribution is 0.206. The van der Waals surface area contributed by atoms with Crippen molar-refractivity contribution in [3.63, 3.8) is 0 Å². The Hall–Kier alpha value is -1.05. The maximum absolute atomic E-state index is 13.4. The minimum Gasteiger partial charge on any atom is -0.330 e. The molecule has 0 radical (unpaired) electrons. The number of benzene rings is 1. The molecular formula is C10H12F2N2O2S. The van der Waals surface area contributed by atoms with Gasteiger partial charge in [0.2, 0.25) is 10.0 Å². The van der Waals surface area contributed by atoms with Crippen LogP contribution in [-0.2, 0) is 10.0 Å². The SMILES string of the molecule is NCC1CN(S(=O)(=O)c2cc(F)ccc2F)C1. The first-order chi connectivity index (χ1) is 7.95. The molecule has 1 aliphatic heterocycles. The molecule has 2 N–H and O–H groups in total. The Bertz CT molecular complexity index is 527. The summed E-state index contributed by atoms with van der Waals surface area (Å²) in [5.74, 6) is -1.62. The summed E-state index contributed by atoms with van der Waals surface area (Å²) in [5, 5.41) is 0. The van der Waals surface area contributed by atoms with E-state index < -0.39 is 26.6 Å². The highest BCUT2D eigenvalue weighted by Gasteiger charge is 2.37. The first kappa shape index (κ1) is 12.4. The molecule has 0 amide bonds. The van der Waals surface area contributed by atoms with E-state index in [0.29, 0.717) is 12.6 Å². The summed E-state index contributed by atoms with van der Waals surface area (Å²) < 4.78 is 51.3. The van der Waals surface area contributed by atoms with Crippen LogP contribution in [0, 0.1) is 17.6 Å². The van der Waals surface area contributed by atoms with Crippen LogP contribution < -0.4 is 5.73 Å². The molecule has 0 saturated carbocycles. The van der Waals surface area contributed by atoms with Crippen LogP contribution in [0.25, 0.3) is 0 Å². The van der Waals surface area contributed by atoms with E-state index >= 15 is 0 Å². The van der Waals surface area contributed by atoms with Crippen molar-refractivity contribution in [1.29, 1.82) is 0 Å². The number of nitrogens with zero attached hydrogens (tertiary/aromatic N) is 1. The van der Waals surface area contributed by atoms with Crippen LogP contribution in [0.3, 0.4) is 0 Å². The minimum atomic E-state index is -3.94. The zero-order valence-electron chi connectivity index (χ0n) is 8.94. The number of rotatable bonds is 3. The fourth-order valence-electron chi connectivity index (χ4n) is 1.68. The van der Waals surface area contributed by atoms with Gasteiger partial charge in [-0.2, -0.15) is 4.31 Å². The average Bonchev–Trinajstić information content (AvgIpc) is 2.19. The highest BCUT2D eigenvalue weighted by molar-refractivity contribution is 7.89. The van der Waals surface area contributed by atoms with Gasteiger partial charge in [-0.05, 0) is 30.7 Å². The molecule has 1 aromatic carbocycles. The molecule has 1 fully saturated rings. The summed E-state index contributed by atoms with van der Waals surface area (Å²) >= 11 is 0. The Morgan fingerprint density at radius 1 is 1.35 bits per heavy atom. The fourth-order valence-corrected chi connectivity index (χ4v) is 3.35. The Kier molecular flexibility index (Phi) is 3.15. The molecule has 1 saturated heterocycles. The molecular weight excluding hydrogens is 250 g/mol. The van der Waals surface area contributed by atoms with E-state index in [-0.39, 0.29) is 19.0 Å². The monoisotopic (exact) mass is 262 g/mol. The summed E-state index contributed by atoms with van der Waals surface area (Å²) in [7, 11) is -3.94. The van der Waals surface area contributed by atoms with Gasteiger partial charge in [-0.25, -0.2) is 17.2 Å². The van der Waals surface area contributed by atoms with Crippen LogP contribution in [0.15, 0.2) is 23.1 Å². The molecule has 1 aliphatic rings. The Morgan fingerprint density at radius 2 is 2.00 bits per heavy atom. The second-order valence-corrected chi connectivity index (χ2v) is 5.90. The second kappa shape index (κ2) is 4.32. The van der Waals surface area contributed by atoms with Gasteiger partial charge in [0.05, 0.1) is 0 Å². The standard InChI is InChI=1S/C10H12F2N2O2S/c11-8-1-2-9(12)10(3-8)17(15,16)14-5-7(4-13)6-14/h1-3,7H,4-6,13H2. The van der Waals surface area contributed by atoms with E-state index in [0.717, 1.165) is 16.4 Å². The second-order valence-electron chi connectivity index (χ2n) is 4.00. The smallest absolute Gasteiger partial charge is 0.246 e. The molecule has 0 bridgehead atoms. The molecule has 1 heterocycles. The van der Waals surface area contributed by atoms with E-state index in [1.807, 2.05) is 0 Å². The van der Waals surface area contributed by atoms with Gasteiger partial charge in [0.1, 0.15) is 16.5 Å². The lowest BCUT2D eigenvalue weighted by atomic mass is 10.0. The largest absolute Gasteiger partial charge is 0.330 e. The van der Waals surface area contributed by atoms with Gasteiger partial charge in [-0.3, -0.25) is 0 Å². The van der Waals surface area contributed by atoms with Gasteiger partial charge in [-0.15, -0.1) is 0 Å². The number of hydrogen-bond donors (Lipinski definition) is 1. The maximum Gasteiger partial charge on any atom is 0.246 e. The van der Waals surface area contributed by atoms with Crippen molar-refractivity contribution < 1.29 is 17.2 Å². The predicted octanol–water partition coefficient (Wildman–Crippen LogP) is 0.544. The summed E-state index contributed by atoms with van der Waals surface area (Å²) in [6.45, 7) is 0.904. The number of hydrogen-bond acceptors (Lipinski definition) is 3. The van der Waals surface area contributed by atoms with Crippen molar-refractivity contribution in [3.8, 4) is 0 Å². The molecule has 2 rings (SSSR count). The maximum atomic E-state index is 13.4. The van der Waals surface area contributed by atoms with E-state index in [4.69, 9.17) is 5.73 Å². The summed E-state index contributed by atoms with van der Waals surface area (Å²) in [4.78, 5) is -0.618. The molecule has 1 aromatic rings. The van der Waals surface area contributed by atoms with Gasteiger partial charge in [0, 0.05) is 13.1 Å². The van der Waals surface area contributed by atoms with Gasteiger partial charge in [0.15, 0.2) is 0 Å². The van der Waals surface area contributed by atoms with Gasteiger partial charge in [0.25, 0.3) is 0 Å². The first-order valence-electron chi connectivity index (χ1n) is 5.10. The Morgan fingerprint density at radius 3 is 2.59 bits per heavy atom. The number of sulfonamides is 1.